The summed E-state index contributed by atoms with van der Waals surface area (Å²) in [6, 6.07) is 4.53. The van der Waals surface area contributed by atoms with Crippen molar-refractivity contribution in [3.05, 3.63) is 23.9 Å². The smallest absolute Gasteiger partial charge is 0.217 e. The third kappa shape index (κ3) is 3.70. The SMILES string of the molecule is CC(C)NCc1cccnc1OCC1CCC1. The molecule has 0 aromatic carbocycles. The lowest BCUT2D eigenvalue weighted by Gasteiger charge is -2.25. The summed E-state index contributed by atoms with van der Waals surface area (Å²) in [5.74, 6) is 1.55. The van der Waals surface area contributed by atoms with Crippen molar-refractivity contribution in [3.8, 4) is 5.88 Å². The van der Waals surface area contributed by atoms with Gasteiger partial charge < -0.3 is 10.1 Å². The molecule has 1 aromatic heterocycles. The minimum absolute atomic E-state index is 0.481. The van der Waals surface area contributed by atoms with Crippen molar-refractivity contribution in [2.75, 3.05) is 6.61 Å². The molecule has 0 saturated heterocycles. The van der Waals surface area contributed by atoms with E-state index in [4.69, 9.17) is 4.74 Å². The molecule has 17 heavy (non-hydrogen) atoms. The Kier molecular flexibility index (Phi) is 4.37. The van der Waals surface area contributed by atoms with Crippen molar-refractivity contribution in [2.45, 2.75) is 45.7 Å². The van der Waals surface area contributed by atoms with E-state index in [1.165, 1.54) is 19.3 Å². The van der Waals surface area contributed by atoms with Crippen molar-refractivity contribution in [3.63, 3.8) is 0 Å². The topological polar surface area (TPSA) is 34.2 Å². The van der Waals surface area contributed by atoms with Crippen LogP contribution in [0.1, 0.15) is 38.7 Å². The fourth-order valence-electron chi connectivity index (χ4n) is 1.86. The van der Waals surface area contributed by atoms with E-state index in [2.05, 4.69) is 30.2 Å². The lowest BCUT2D eigenvalue weighted by molar-refractivity contribution is 0.174. The molecule has 0 aliphatic heterocycles. The monoisotopic (exact) mass is 234 g/mol. The first-order valence-electron chi connectivity index (χ1n) is 6.56. The molecule has 0 amide bonds. The summed E-state index contributed by atoms with van der Waals surface area (Å²) in [4.78, 5) is 4.32. The highest BCUT2D eigenvalue weighted by atomic mass is 16.5. The number of nitrogens with one attached hydrogen (secondary N) is 1. The van der Waals surface area contributed by atoms with Gasteiger partial charge in [-0.15, -0.1) is 0 Å². The summed E-state index contributed by atoms with van der Waals surface area (Å²) in [5.41, 5.74) is 1.15. The molecule has 1 aliphatic carbocycles. The van der Waals surface area contributed by atoms with Crippen LogP contribution >= 0.6 is 0 Å². The molecule has 0 spiro atoms. The van der Waals surface area contributed by atoms with Crippen LogP contribution in [-0.2, 0) is 6.54 Å². The molecule has 0 atom stereocenters. The molecule has 1 saturated carbocycles. The van der Waals surface area contributed by atoms with E-state index in [0.29, 0.717) is 6.04 Å². The minimum atomic E-state index is 0.481. The van der Waals surface area contributed by atoms with Crippen molar-refractivity contribution >= 4 is 0 Å². The summed E-state index contributed by atoms with van der Waals surface area (Å²) < 4.78 is 5.82. The van der Waals surface area contributed by atoms with Gasteiger partial charge in [0.2, 0.25) is 5.88 Å². The second kappa shape index (κ2) is 6.01. The van der Waals surface area contributed by atoms with Crippen LogP contribution in [0.25, 0.3) is 0 Å². The average molecular weight is 234 g/mol. The van der Waals surface area contributed by atoms with Crippen LogP contribution in [0.5, 0.6) is 5.88 Å². The van der Waals surface area contributed by atoms with Gasteiger partial charge in [-0.2, -0.15) is 0 Å². The number of pyridine rings is 1. The van der Waals surface area contributed by atoms with E-state index >= 15 is 0 Å². The molecule has 0 unspecified atom stereocenters. The molecule has 1 aromatic rings. The first-order valence-corrected chi connectivity index (χ1v) is 6.56. The Hall–Kier alpha value is -1.09. The molecule has 1 heterocycles. The summed E-state index contributed by atoms with van der Waals surface area (Å²) in [6.45, 7) is 5.94. The molecule has 2 rings (SSSR count). The Balaban J connectivity index is 1.89. The van der Waals surface area contributed by atoms with E-state index in [1.807, 2.05) is 6.07 Å². The molecule has 3 heteroatoms. The largest absolute Gasteiger partial charge is 0.477 e. The lowest BCUT2D eigenvalue weighted by atomic mass is 9.86. The molecule has 0 bridgehead atoms. The predicted molar refractivity (Wildman–Crippen MR) is 69.0 cm³/mol. The fourth-order valence-corrected chi connectivity index (χ4v) is 1.86. The van der Waals surface area contributed by atoms with Crippen molar-refractivity contribution < 1.29 is 4.74 Å². The molecule has 1 aliphatic rings. The highest BCUT2D eigenvalue weighted by Gasteiger charge is 2.18. The molecular formula is C14H22N2O. The van der Waals surface area contributed by atoms with E-state index < -0.39 is 0 Å². The number of nitrogens with zero attached hydrogens (tertiary/aromatic N) is 1. The van der Waals surface area contributed by atoms with Gasteiger partial charge >= 0.3 is 0 Å². The summed E-state index contributed by atoms with van der Waals surface area (Å²) >= 11 is 0. The minimum Gasteiger partial charge on any atom is -0.477 e. The van der Waals surface area contributed by atoms with Gasteiger partial charge in [-0.05, 0) is 24.8 Å². The Bertz CT molecular complexity index is 348. The zero-order chi connectivity index (χ0) is 12.1. The van der Waals surface area contributed by atoms with Gasteiger partial charge in [0.1, 0.15) is 0 Å². The van der Waals surface area contributed by atoms with Crippen LogP contribution in [0.2, 0.25) is 0 Å². The second-order valence-corrected chi connectivity index (χ2v) is 5.11. The van der Waals surface area contributed by atoms with E-state index in [9.17, 15) is 0 Å². The van der Waals surface area contributed by atoms with Gasteiger partial charge in [0, 0.05) is 24.3 Å². The predicted octanol–water partition coefficient (Wildman–Crippen LogP) is 2.76. The highest BCUT2D eigenvalue weighted by Crippen LogP contribution is 2.27. The highest BCUT2D eigenvalue weighted by molar-refractivity contribution is 5.25. The fraction of sp³-hybridized carbons (Fsp3) is 0.643. The first-order chi connectivity index (χ1) is 8.25. The third-order valence-corrected chi connectivity index (χ3v) is 3.23. The maximum Gasteiger partial charge on any atom is 0.217 e. The normalized spacial score (nSPS) is 15.9. The number of aromatic nitrogens is 1. The van der Waals surface area contributed by atoms with Crippen LogP contribution in [0.3, 0.4) is 0 Å². The van der Waals surface area contributed by atoms with Gasteiger partial charge in [-0.3, -0.25) is 0 Å². The Labute approximate surface area is 104 Å². The van der Waals surface area contributed by atoms with Crippen LogP contribution < -0.4 is 10.1 Å². The number of ether oxygens (including phenoxy) is 1. The number of rotatable bonds is 6. The molecule has 1 fully saturated rings. The third-order valence-electron chi connectivity index (χ3n) is 3.23. The van der Waals surface area contributed by atoms with E-state index in [0.717, 1.165) is 30.5 Å². The quantitative estimate of drug-likeness (QED) is 0.822. The Morgan fingerprint density at radius 2 is 2.29 bits per heavy atom. The summed E-state index contributed by atoms with van der Waals surface area (Å²) in [6.07, 6.45) is 5.78. The van der Waals surface area contributed by atoms with Crippen LogP contribution in [-0.4, -0.2) is 17.6 Å². The zero-order valence-electron chi connectivity index (χ0n) is 10.8. The molecule has 3 nitrogen and oxygen atoms in total. The molecular weight excluding hydrogens is 212 g/mol. The van der Waals surface area contributed by atoms with Crippen LogP contribution in [0.4, 0.5) is 0 Å². The standard InChI is InChI=1S/C14H22N2O/c1-11(2)16-9-13-7-4-8-15-14(13)17-10-12-5-3-6-12/h4,7-8,11-12,16H,3,5-6,9-10H2,1-2H3. The van der Waals surface area contributed by atoms with Crippen molar-refractivity contribution in [1.29, 1.82) is 0 Å². The van der Waals surface area contributed by atoms with E-state index in [-0.39, 0.29) is 0 Å². The van der Waals surface area contributed by atoms with E-state index in [1.54, 1.807) is 6.20 Å². The summed E-state index contributed by atoms with van der Waals surface area (Å²) in [7, 11) is 0. The first kappa shape index (κ1) is 12.4. The lowest BCUT2D eigenvalue weighted by Crippen LogP contribution is -2.23. The van der Waals surface area contributed by atoms with Gasteiger partial charge in [0.15, 0.2) is 0 Å². The number of hydrogen-bond donors (Lipinski definition) is 1. The average Bonchev–Trinajstić information content (AvgIpc) is 2.25. The molecule has 1 N–H and O–H groups in total. The van der Waals surface area contributed by atoms with Crippen molar-refractivity contribution in [2.24, 2.45) is 5.92 Å². The molecule has 0 radical (unpaired) electrons. The Morgan fingerprint density at radius 3 is 2.94 bits per heavy atom. The van der Waals surface area contributed by atoms with Crippen LogP contribution in [0, 0.1) is 5.92 Å². The van der Waals surface area contributed by atoms with Gasteiger partial charge in [0.25, 0.3) is 0 Å². The van der Waals surface area contributed by atoms with Crippen molar-refractivity contribution in [1.82, 2.24) is 10.3 Å². The van der Waals surface area contributed by atoms with Gasteiger partial charge in [0.05, 0.1) is 6.61 Å². The maximum atomic E-state index is 5.82. The van der Waals surface area contributed by atoms with Gasteiger partial charge in [-0.1, -0.05) is 26.3 Å². The second-order valence-electron chi connectivity index (χ2n) is 5.11. The Morgan fingerprint density at radius 1 is 1.47 bits per heavy atom. The zero-order valence-corrected chi connectivity index (χ0v) is 10.8. The van der Waals surface area contributed by atoms with Gasteiger partial charge in [-0.25, -0.2) is 4.98 Å². The molecule has 94 valence electrons. The number of hydrogen-bond acceptors (Lipinski definition) is 3. The summed E-state index contributed by atoms with van der Waals surface area (Å²) in [5, 5.41) is 3.40. The maximum absolute atomic E-state index is 5.82. The van der Waals surface area contributed by atoms with Crippen LogP contribution in [0.15, 0.2) is 18.3 Å².